The van der Waals surface area contributed by atoms with Crippen LogP contribution in [-0.2, 0) is 12.8 Å². The van der Waals surface area contributed by atoms with Gasteiger partial charge in [0.2, 0.25) is 0 Å². The highest BCUT2D eigenvalue weighted by Crippen LogP contribution is 2.24. The van der Waals surface area contributed by atoms with Crippen molar-refractivity contribution in [2.45, 2.75) is 39.2 Å². The fraction of sp³-hybridized carbons (Fsp3) is 0.412. The molecule has 0 aliphatic heterocycles. The molecule has 0 fully saturated rings. The molecule has 1 heterocycles. The Kier molecular flexibility index (Phi) is 4.04. The minimum absolute atomic E-state index is 0.427. The number of aromatic nitrogens is 2. The second-order valence-corrected chi connectivity index (χ2v) is 5.63. The second-order valence-electron chi connectivity index (χ2n) is 5.63. The predicted octanol–water partition coefficient (Wildman–Crippen LogP) is 3.19. The first-order valence-corrected chi connectivity index (χ1v) is 7.67. The summed E-state index contributed by atoms with van der Waals surface area (Å²) in [6.07, 6.45) is 3.22. The monoisotopic (exact) mass is 282 g/mol. The van der Waals surface area contributed by atoms with Gasteiger partial charge >= 0.3 is 0 Å². The Hall–Kier alpha value is -2.10. The topological polar surface area (TPSA) is 49.8 Å². The summed E-state index contributed by atoms with van der Waals surface area (Å²) in [5, 5.41) is 6.88. The molecule has 0 saturated carbocycles. The molecular weight excluding hydrogens is 260 g/mol. The Morgan fingerprint density at radius 2 is 1.76 bits per heavy atom. The van der Waals surface area contributed by atoms with Gasteiger partial charge in [-0.2, -0.15) is 0 Å². The van der Waals surface area contributed by atoms with Crippen LogP contribution in [0.5, 0.6) is 0 Å². The SMILES string of the molecule is CCCNc1cc(NC2Cc3ccccc3C2)nc(C)n1. The Balaban J connectivity index is 1.70. The number of hydrogen-bond acceptors (Lipinski definition) is 4. The molecular formula is C17H22N4. The van der Waals surface area contributed by atoms with Crippen LogP contribution in [0.25, 0.3) is 0 Å². The number of rotatable bonds is 5. The lowest BCUT2D eigenvalue weighted by molar-refractivity contribution is 0.766. The van der Waals surface area contributed by atoms with Crippen molar-refractivity contribution in [3.8, 4) is 0 Å². The summed E-state index contributed by atoms with van der Waals surface area (Å²) >= 11 is 0. The minimum Gasteiger partial charge on any atom is -0.370 e. The van der Waals surface area contributed by atoms with Gasteiger partial charge in [0.25, 0.3) is 0 Å². The van der Waals surface area contributed by atoms with E-state index in [1.807, 2.05) is 13.0 Å². The highest BCUT2D eigenvalue weighted by molar-refractivity contribution is 5.49. The van der Waals surface area contributed by atoms with Crippen molar-refractivity contribution in [3.05, 3.63) is 47.3 Å². The van der Waals surface area contributed by atoms with E-state index in [9.17, 15) is 0 Å². The molecule has 1 aliphatic rings. The van der Waals surface area contributed by atoms with E-state index in [0.717, 1.165) is 43.3 Å². The van der Waals surface area contributed by atoms with Crippen molar-refractivity contribution in [1.82, 2.24) is 9.97 Å². The van der Waals surface area contributed by atoms with Crippen LogP contribution in [-0.4, -0.2) is 22.6 Å². The smallest absolute Gasteiger partial charge is 0.132 e. The molecule has 0 saturated heterocycles. The predicted molar refractivity (Wildman–Crippen MR) is 86.8 cm³/mol. The molecule has 2 N–H and O–H groups in total. The van der Waals surface area contributed by atoms with Gasteiger partial charge in [-0.25, -0.2) is 9.97 Å². The van der Waals surface area contributed by atoms with E-state index in [2.05, 4.69) is 51.8 Å². The molecule has 2 aromatic rings. The Morgan fingerprint density at radius 1 is 1.10 bits per heavy atom. The van der Waals surface area contributed by atoms with Gasteiger partial charge in [0.15, 0.2) is 0 Å². The Labute approximate surface area is 126 Å². The first-order valence-electron chi connectivity index (χ1n) is 7.67. The van der Waals surface area contributed by atoms with Gasteiger partial charge in [-0.15, -0.1) is 0 Å². The van der Waals surface area contributed by atoms with Crippen molar-refractivity contribution in [2.75, 3.05) is 17.2 Å². The molecule has 0 bridgehead atoms. The zero-order valence-corrected chi connectivity index (χ0v) is 12.7. The van der Waals surface area contributed by atoms with Crippen LogP contribution in [0.2, 0.25) is 0 Å². The molecule has 0 spiro atoms. The van der Waals surface area contributed by atoms with Gasteiger partial charge in [0.05, 0.1) is 0 Å². The van der Waals surface area contributed by atoms with Crippen LogP contribution < -0.4 is 10.6 Å². The lowest BCUT2D eigenvalue weighted by Crippen LogP contribution is -2.20. The number of benzene rings is 1. The van der Waals surface area contributed by atoms with E-state index in [0.29, 0.717) is 6.04 Å². The van der Waals surface area contributed by atoms with E-state index in [1.165, 1.54) is 11.1 Å². The average Bonchev–Trinajstić information content (AvgIpc) is 2.86. The fourth-order valence-corrected chi connectivity index (χ4v) is 2.86. The van der Waals surface area contributed by atoms with Crippen molar-refractivity contribution in [1.29, 1.82) is 0 Å². The second kappa shape index (κ2) is 6.12. The molecule has 1 aromatic carbocycles. The first-order chi connectivity index (χ1) is 10.2. The standard InChI is InChI=1S/C17H22N4/c1-3-8-18-16-11-17(20-12(2)19-16)21-15-9-13-6-4-5-7-14(13)10-15/h4-7,11,15H,3,8-10H2,1-2H3,(H2,18,19,20,21). The maximum Gasteiger partial charge on any atom is 0.132 e. The van der Waals surface area contributed by atoms with Crippen LogP contribution in [0.4, 0.5) is 11.6 Å². The largest absolute Gasteiger partial charge is 0.370 e. The summed E-state index contributed by atoms with van der Waals surface area (Å²) in [4.78, 5) is 8.93. The average molecular weight is 282 g/mol. The molecule has 110 valence electrons. The maximum absolute atomic E-state index is 4.51. The fourth-order valence-electron chi connectivity index (χ4n) is 2.86. The number of anilines is 2. The van der Waals surface area contributed by atoms with Gasteiger partial charge in [0.1, 0.15) is 17.5 Å². The number of fused-ring (bicyclic) bond motifs is 1. The summed E-state index contributed by atoms with van der Waals surface area (Å²) < 4.78 is 0. The van der Waals surface area contributed by atoms with Gasteiger partial charge in [-0.3, -0.25) is 0 Å². The molecule has 4 heteroatoms. The van der Waals surface area contributed by atoms with Crippen LogP contribution in [0, 0.1) is 6.92 Å². The summed E-state index contributed by atoms with van der Waals surface area (Å²) in [7, 11) is 0. The van der Waals surface area contributed by atoms with E-state index in [1.54, 1.807) is 0 Å². The Morgan fingerprint density at radius 3 is 2.43 bits per heavy atom. The van der Waals surface area contributed by atoms with Crippen LogP contribution >= 0.6 is 0 Å². The van der Waals surface area contributed by atoms with Crippen LogP contribution in [0.3, 0.4) is 0 Å². The van der Waals surface area contributed by atoms with Crippen LogP contribution in [0.15, 0.2) is 30.3 Å². The molecule has 0 atom stereocenters. The van der Waals surface area contributed by atoms with Gasteiger partial charge in [-0.1, -0.05) is 31.2 Å². The van der Waals surface area contributed by atoms with Gasteiger partial charge in [-0.05, 0) is 37.3 Å². The number of nitrogens with zero attached hydrogens (tertiary/aromatic N) is 2. The molecule has 1 aliphatic carbocycles. The highest BCUT2D eigenvalue weighted by Gasteiger charge is 2.21. The highest BCUT2D eigenvalue weighted by atomic mass is 15.1. The molecule has 0 unspecified atom stereocenters. The molecule has 0 amide bonds. The van der Waals surface area contributed by atoms with Crippen LogP contribution in [0.1, 0.15) is 30.3 Å². The quantitative estimate of drug-likeness (QED) is 0.884. The van der Waals surface area contributed by atoms with Crippen molar-refractivity contribution < 1.29 is 0 Å². The van der Waals surface area contributed by atoms with E-state index < -0.39 is 0 Å². The van der Waals surface area contributed by atoms with Gasteiger partial charge in [0, 0.05) is 18.7 Å². The third-order valence-corrected chi connectivity index (χ3v) is 3.80. The molecule has 4 nitrogen and oxygen atoms in total. The lowest BCUT2D eigenvalue weighted by atomic mass is 10.1. The van der Waals surface area contributed by atoms with E-state index in [-0.39, 0.29) is 0 Å². The third kappa shape index (κ3) is 3.32. The van der Waals surface area contributed by atoms with Crippen molar-refractivity contribution in [3.63, 3.8) is 0 Å². The van der Waals surface area contributed by atoms with E-state index in [4.69, 9.17) is 0 Å². The molecule has 3 rings (SSSR count). The summed E-state index contributed by atoms with van der Waals surface area (Å²) in [5.74, 6) is 2.62. The zero-order chi connectivity index (χ0) is 14.7. The summed E-state index contributed by atoms with van der Waals surface area (Å²) in [6, 6.07) is 11.1. The van der Waals surface area contributed by atoms with Gasteiger partial charge < -0.3 is 10.6 Å². The zero-order valence-electron chi connectivity index (χ0n) is 12.7. The van der Waals surface area contributed by atoms with Crippen molar-refractivity contribution in [2.24, 2.45) is 0 Å². The van der Waals surface area contributed by atoms with Crippen molar-refractivity contribution >= 4 is 11.6 Å². The third-order valence-electron chi connectivity index (χ3n) is 3.80. The normalized spacial score (nSPS) is 14.0. The minimum atomic E-state index is 0.427. The Bertz CT molecular complexity index is 599. The first kappa shape index (κ1) is 13.9. The molecule has 0 radical (unpaired) electrons. The number of nitrogens with one attached hydrogen (secondary N) is 2. The number of aryl methyl sites for hydroxylation is 1. The summed E-state index contributed by atoms with van der Waals surface area (Å²) in [5.41, 5.74) is 2.90. The number of hydrogen-bond donors (Lipinski definition) is 2. The summed E-state index contributed by atoms with van der Waals surface area (Å²) in [6.45, 7) is 5.02. The maximum atomic E-state index is 4.51. The molecule has 1 aromatic heterocycles. The molecule has 21 heavy (non-hydrogen) atoms. The lowest BCUT2D eigenvalue weighted by Gasteiger charge is -2.14. The van der Waals surface area contributed by atoms with E-state index >= 15 is 0 Å².